The zero-order valence-electron chi connectivity index (χ0n) is 10.7. The molecule has 98 valence electrons. The second-order valence-electron chi connectivity index (χ2n) is 4.06. The van der Waals surface area contributed by atoms with Gasteiger partial charge < -0.3 is 10.0 Å². The number of hydrogen-bond acceptors (Lipinski definition) is 3. The molecule has 4 nitrogen and oxygen atoms in total. The minimum atomic E-state index is -1.02. The first-order valence-corrected chi connectivity index (χ1v) is 6.64. The lowest BCUT2D eigenvalue weighted by Gasteiger charge is -2.24. The van der Waals surface area contributed by atoms with Crippen molar-refractivity contribution in [2.24, 2.45) is 0 Å². The molecule has 0 bridgehead atoms. The Morgan fingerprint density at radius 2 is 2.17 bits per heavy atom. The van der Waals surface area contributed by atoms with Crippen molar-refractivity contribution >= 4 is 29.3 Å². The van der Waals surface area contributed by atoms with Crippen LogP contribution in [0.3, 0.4) is 0 Å². The van der Waals surface area contributed by atoms with Gasteiger partial charge in [-0.05, 0) is 43.9 Å². The second kappa shape index (κ2) is 6.35. The summed E-state index contributed by atoms with van der Waals surface area (Å²) < 4.78 is 0. The predicted molar refractivity (Wildman–Crippen MR) is 72.8 cm³/mol. The van der Waals surface area contributed by atoms with E-state index in [4.69, 9.17) is 5.11 Å². The van der Waals surface area contributed by atoms with Gasteiger partial charge in [0, 0.05) is 18.7 Å². The van der Waals surface area contributed by atoms with E-state index in [1.165, 1.54) is 17.4 Å². The van der Waals surface area contributed by atoms with Crippen molar-refractivity contribution in [3.05, 3.63) is 28.0 Å². The van der Waals surface area contributed by atoms with Gasteiger partial charge in [-0.1, -0.05) is 0 Å². The molecule has 1 amide bonds. The molecule has 0 aromatic carbocycles. The number of thiophene rings is 1. The van der Waals surface area contributed by atoms with Crippen LogP contribution in [0.15, 0.2) is 17.5 Å². The van der Waals surface area contributed by atoms with Crippen molar-refractivity contribution in [2.45, 2.75) is 26.8 Å². The molecular weight excluding hydrogens is 250 g/mol. The fourth-order valence-corrected chi connectivity index (χ4v) is 2.50. The highest BCUT2D eigenvalue weighted by molar-refractivity contribution is 7.12. The highest BCUT2D eigenvalue weighted by Crippen LogP contribution is 2.21. The second-order valence-corrected chi connectivity index (χ2v) is 4.98. The van der Waals surface area contributed by atoms with Crippen LogP contribution in [-0.4, -0.2) is 34.5 Å². The predicted octanol–water partition coefficient (Wildman–Crippen LogP) is 2.72. The van der Waals surface area contributed by atoms with Crippen molar-refractivity contribution in [3.63, 3.8) is 0 Å². The minimum absolute atomic E-state index is 0.0486. The van der Waals surface area contributed by atoms with Gasteiger partial charge in [-0.15, -0.1) is 11.3 Å². The molecule has 0 fully saturated rings. The quantitative estimate of drug-likeness (QED) is 0.834. The Bertz CT molecular complexity index is 463. The molecule has 1 rings (SSSR count). The Hall–Kier alpha value is -1.62. The fraction of sp³-hybridized carbons (Fsp3) is 0.385. The average molecular weight is 267 g/mol. The van der Waals surface area contributed by atoms with Crippen LogP contribution in [0.25, 0.3) is 6.08 Å². The van der Waals surface area contributed by atoms with Gasteiger partial charge in [0.05, 0.1) is 4.88 Å². The normalized spacial score (nSPS) is 11.1. The van der Waals surface area contributed by atoms with Gasteiger partial charge in [0.2, 0.25) is 0 Å². The minimum Gasteiger partial charge on any atom is -0.478 e. The van der Waals surface area contributed by atoms with E-state index < -0.39 is 5.97 Å². The Morgan fingerprint density at radius 3 is 2.67 bits per heavy atom. The number of carbonyl (C=O) groups excluding carboxylic acids is 1. The first kappa shape index (κ1) is 14.4. The van der Waals surface area contributed by atoms with Crippen molar-refractivity contribution in [1.29, 1.82) is 0 Å². The maximum atomic E-state index is 12.3. The van der Waals surface area contributed by atoms with Crippen molar-refractivity contribution < 1.29 is 14.7 Å². The number of nitrogens with zero attached hydrogens (tertiary/aromatic N) is 1. The fourth-order valence-electron chi connectivity index (χ4n) is 1.66. The highest BCUT2D eigenvalue weighted by Gasteiger charge is 2.20. The molecule has 1 heterocycles. The Labute approximate surface area is 111 Å². The van der Waals surface area contributed by atoms with Crippen LogP contribution in [0.2, 0.25) is 0 Å². The first-order chi connectivity index (χ1) is 8.47. The van der Waals surface area contributed by atoms with Gasteiger partial charge in [0.15, 0.2) is 0 Å². The third kappa shape index (κ3) is 3.43. The largest absolute Gasteiger partial charge is 0.478 e. The maximum absolute atomic E-state index is 12.3. The molecule has 0 atom stereocenters. The van der Waals surface area contributed by atoms with E-state index in [0.717, 1.165) is 6.08 Å². The summed E-state index contributed by atoms with van der Waals surface area (Å²) in [4.78, 5) is 25.1. The lowest BCUT2D eigenvalue weighted by Crippen LogP contribution is -2.36. The van der Waals surface area contributed by atoms with E-state index in [0.29, 0.717) is 17.0 Å². The molecule has 0 aliphatic rings. The average Bonchev–Trinajstić information content (AvgIpc) is 2.74. The van der Waals surface area contributed by atoms with Gasteiger partial charge in [-0.25, -0.2) is 4.79 Å². The van der Waals surface area contributed by atoms with Crippen LogP contribution in [0.5, 0.6) is 0 Å². The van der Waals surface area contributed by atoms with Gasteiger partial charge in [-0.2, -0.15) is 0 Å². The molecule has 1 aromatic rings. The van der Waals surface area contributed by atoms with Crippen molar-refractivity contribution in [1.82, 2.24) is 4.90 Å². The van der Waals surface area contributed by atoms with Gasteiger partial charge >= 0.3 is 5.97 Å². The van der Waals surface area contributed by atoms with Crippen LogP contribution in [-0.2, 0) is 4.79 Å². The summed E-state index contributed by atoms with van der Waals surface area (Å²) in [5.74, 6) is -1.07. The summed E-state index contributed by atoms with van der Waals surface area (Å²) in [6.07, 6.45) is 2.50. The molecule has 0 saturated carbocycles. The molecule has 0 aliphatic carbocycles. The molecular formula is C13H17NO3S. The Morgan fingerprint density at radius 1 is 1.50 bits per heavy atom. The van der Waals surface area contributed by atoms with Crippen molar-refractivity contribution in [3.8, 4) is 0 Å². The Kier molecular flexibility index (Phi) is 5.09. The van der Waals surface area contributed by atoms with Gasteiger partial charge in [0.1, 0.15) is 0 Å². The number of hydrogen-bond donors (Lipinski definition) is 1. The molecule has 0 spiro atoms. The van der Waals surface area contributed by atoms with Crippen LogP contribution >= 0.6 is 11.3 Å². The van der Waals surface area contributed by atoms with Crippen LogP contribution in [0.1, 0.15) is 36.0 Å². The number of carboxylic acid groups (broad SMARTS) is 1. The third-order valence-electron chi connectivity index (χ3n) is 2.52. The third-order valence-corrected chi connectivity index (χ3v) is 3.44. The maximum Gasteiger partial charge on any atom is 0.328 e. The van der Waals surface area contributed by atoms with E-state index in [1.807, 2.05) is 20.8 Å². The van der Waals surface area contributed by atoms with E-state index in [-0.39, 0.29) is 11.9 Å². The van der Waals surface area contributed by atoms with Crippen LogP contribution < -0.4 is 0 Å². The lowest BCUT2D eigenvalue weighted by molar-refractivity contribution is -0.131. The molecule has 1 N–H and O–H groups in total. The van der Waals surface area contributed by atoms with Gasteiger partial charge in [-0.3, -0.25) is 4.79 Å². The van der Waals surface area contributed by atoms with Crippen LogP contribution in [0.4, 0.5) is 0 Å². The lowest BCUT2D eigenvalue weighted by atomic mass is 10.2. The summed E-state index contributed by atoms with van der Waals surface area (Å²) in [6, 6.07) is 1.88. The zero-order valence-corrected chi connectivity index (χ0v) is 11.5. The van der Waals surface area contributed by atoms with E-state index in [1.54, 1.807) is 16.3 Å². The monoisotopic (exact) mass is 267 g/mol. The number of rotatable bonds is 5. The summed E-state index contributed by atoms with van der Waals surface area (Å²) in [5.41, 5.74) is 0.659. The molecule has 0 radical (unpaired) electrons. The van der Waals surface area contributed by atoms with E-state index in [2.05, 4.69) is 0 Å². The van der Waals surface area contributed by atoms with E-state index >= 15 is 0 Å². The number of carbonyl (C=O) groups is 2. The molecule has 5 heteroatoms. The summed E-state index contributed by atoms with van der Waals surface area (Å²) in [5, 5.41) is 10.4. The molecule has 18 heavy (non-hydrogen) atoms. The number of amides is 1. The zero-order chi connectivity index (χ0) is 13.7. The molecule has 0 saturated heterocycles. The number of carboxylic acids is 1. The Balaban J connectivity index is 3.00. The summed E-state index contributed by atoms with van der Waals surface area (Å²) in [6.45, 7) is 6.48. The summed E-state index contributed by atoms with van der Waals surface area (Å²) in [7, 11) is 0. The van der Waals surface area contributed by atoms with Crippen molar-refractivity contribution in [2.75, 3.05) is 6.54 Å². The molecule has 1 aromatic heterocycles. The van der Waals surface area contributed by atoms with E-state index in [9.17, 15) is 9.59 Å². The smallest absolute Gasteiger partial charge is 0.328 e. The first-order valence-electron chi connectivity index (χ1n) is 5.76. The highest BCUT2D eigenvalue weighted by atomic mass is 32.1. The molecule has 0 aliphatic heterocycles. The SMILES string of the molecule is CCN(C(=O)c1sccc1C=CC(=O)O)C(C)C. The van der Waals surface area contributed by atoms with Gasteiger partial charge in [0.25, 0.3) is 5.91 Å². The standard InChI is InChI=1S/C13H17NO3S/c1-4-14(9(2)3)13(17)12-10(7-8-18-12)5-6-11(15)16/h5-9H,4H2,1-3H3,(H,15,16). The molecule has 0 unspecified atom stereocenters. The number of aliphatic carboxylic acids is 1. The topological polar surface area (TPSA) is 57.6 Å². The van der Waals surface area contributed by atoms with Crippen LogP contribution in [0, 0.1) is 0 Å². The summed E-state index contributed by atoms with van der Waals surface area (Å²) >= 11 is 1.34.